The molecule has 6 atom stereocenters. The number of likely N-dealkylation sites (N-methyl/N-ethyl adjacent to an activating group) is 1. The number of nitrogens with zero attached hydrogens (tertiary/aromatic N) is 2. The number of aliphatic hydroxyl groups excluding tert-OH is 1. The molecule has 1 fully saturated rings. The van der Waals surface area contributed by atoms with Gasteiger partial charge in [-0.25, -0.2) is 9.59 Å². The van der Waals surface area contributed by atoms with Gasteiger partial charge in [0.15, 0.2) is 6.10 Å². The zero-order valence-corrected chi connectivity index (χ0v) is 24.6. The van der Waals surface area contributed by atoms with Crippen LogP contribution in [0, 0.1) is 11.8 Å². The van der Waals surface area contributed by atoms with Crippen LogP contribution in [-0.4, -0.2) is 109 Å². The number of hydrogen-bond acceptors (Lipinski definition) is 10. The molecule has 226 valence electrons. The average molecular weight is 567 g/mol. The molecule has 0 aromatic carbocycles. The maximum atomic E-state index is 12.9. The number of allylic oxidation sites excluding steroid dienone is 2. The van der Waals surface area contributed by atoms with E-state index >= 15 is 0 Å². The normalized spacial score (nSPS) is 30.9. The lowest BCUT2D eigenvalue weighted by Gasteiger charge is -2.36. The molecule has 0 bridgehead atoms. The van der Waals surface area contributed by atoms with Crippen molar-refractivity contribution in [3.05, 3.63) is 36.0 Å². The van der Waals surface area contributed by atoms with E-state index in [-0.39, 0.29) is 37.7 Å². The van der Waals surface area contributed by atoms with Crippen LogP contribution in [-0.2, 0) is 23.7 Å². The van der Waals surface area contributed by atoms with Crippen LogP contribution in [0.25, 0.3) is 0 Å². The van der Waals surface area contributed by atoms with Crippen molar-refractivity contribution in [3.8, 4) is 0 Å². The SMILES string of the molecule is COC(=O)OC[C@@H](C)/C=C/C=C(\C)[C@H]1OC(=O)C[C@@H](O)CC[C@](C)(O)[C@@H](OC(=O)N2CCN(C)CC2)/C=C\[C@@H]1C. The van der Waals surface area contributed by atoms with Gasteiger partial charge in [0.25, 0.3) is 0 Å². The summed E-state index contributed by atoms with van der Waals surface area (Å²) in [6.45, 7) is 9.82. The van der Waals surface area contributed by atoms with Crippen LogP contribution in [0.5, 0.6) is 0 Å². The summed E-state index contributed by atoms with van der Waals surface area (Å²) in [4.78, 5) is 40.5. The first-order valence-corrected chi connectivity index (χ1v) is 13.8. The second-order valence-corrected chi connectivity index (χ2v) is 11.0. The van der Waals surface area contributed by atoms with Gasteiger partial charge in [-0.1, -0.05) is 38.2 Å². The molecule has 2 heterocycles. The second-order valence-electron chi connectivity index (χ2n) is 11.0. The van der Waals surface area contributed by atoms with E-state index in [1.54, 1.807) is 36.1 Å². The topological polar surface area (TPSA) is 135 Å². The number of cyclic esters (lactones) is 1. The first kappa shape index (κ1) is 33.3. The van der Waals surface area contributed by atoms with Gasteiger partial charge >= 0.3 is 18.2 Å². The second kappa shape index (κ2) is 15.8. The monoisotopic (exact) mass is 566 g/mol. The zero-order valence-electron chi connectivity index (χ0n) is 24.6. The van der Waals surface area contributed by atoms with Gasteiger partial charge in [-0.2, -0.15) is 0 Å². The van der Waals surface area contributed by atoms with Crippen molar-refractivity contribution in [1.82, 2.24) is 9.80 Å². The van der Waals surface area contributed by atoms with Crippen molar-refractivity contribution in [2.45, 2.75) is 70.9 Å². The van der Waals surface area contributed by atoms with Crippen LogP contribution in [0.1, 0.15) is 47.0 Å². The molecule has 0 aliphatic carbocycles. The molecule has 0 spiro atoms. The Hall–Kier alpha value is -2.89. The van der Waals surface area contributed by atoms with Crippen molar-refractivity contribution in [2.24, 2.45) is 11.8 Å². The largest absolute Gasteiger partial charge is 0.507 e. The number of esters is 1. The molecule has 0 aromatic heterocycles. The molecule has 0 unspecified atom stereocenters. The summed E-state index contributed by atoms with van der Waals surface area (Å²) in [7, 11) is 3.24. The third kappa shape index (κ3) is 10.9. The number of ether oxygens (including phenoxy) is 4. The molecule has 2 rings (SSSR count). The van der Waals surface area contributed by atoms with Crippen LogP contribution in [0.2, 0.25) is 0 Å². The predicted octanol–water partition coefficient (Wildman–Crippen LogP) is 3.06. The highest BCUT2D eigenvalue weighted by Gasteiger charge is 2.36. The fourth-order valence-electron chi connectivity index (χ4n) is 4.43. The number of piperazine rings is 1. The van der Waals surface area contributed by atoms with E-state index in [4.69, 9.17) is 14.2 Å². The van der Waals surface area contributed by atoms with E-state index in [9.17, 15) is 24.6 Å². The summed E-state index contributed by atoms with van der Waals surface area (Å²) in [6.07, 6.45) is 4.98. The van der Waals surface area contributed by atoms with E-state index < -0.39 is 42.1 Å². The quantitative estimate of drug-likeness (QED) is 0.214. The van der Waals surface area contributed by atoms with Crippen LogP contribution in [0.4, 0.5) is 9.59 Å². The molecule has 0 saturated carbocycles. The lowest BCUT2D eigenvalue weighted by molar-refractivity contribution is -0.151. The first-order chi connectivity index (χ1) is 18.8. The van der Waals surface area contributed by atoms with Gasteiger partial charge < -0.3 is 39.0 Å². The molecule has 2 aliphatic rings. The summed E-state index contributed by atoms with van der Waals surface area (Å²) < 4.78 is 21.0. The smallest absolute Gasteiger partial charge is 0.457 e. The average Bonchev–Trinajstić information content (AvgIpc) is 2.90. The van der Waals surface area contributed by atoms with Gasteiger partial charge in [0.1, 0.15) is 18.3 Å². The number of hydrogen-bond donors (Lipinski definition) is 2. The lowest BCUT2D eigenvalue weighted by atomic mass is 9.89. The lowest BCUT2D eigenvalue weighted by Crippen LogP contribution is -2.50. The van der Waals surface area contributed by atoms with Crippen LogP contribution >= 0.6 is 0 Å². The van der Waals surface area contributed by atoms with Crippen LogP contribution < -0.4 is 0 Å². The maximum absolute atomic E-state index is 12.9. The Labute approximate surface area is 237 Å². The summed E-state index contributed by atoms with van der Waals surface area (Å²) in [5.74, 6) is -0.967. The molecular formula is C29H46N2O9. The van der Waals surface area contributed by atoms with Gasteiger partial charge in [-0.3, -0.25) is 4.79 Å². The Kier molecular flexibility index (Phi) is 13.1. The van der Waals surface area contributed by atoms with E-state index in [1.165, 1.54) is 7.11 Å². The highest BCUT2D eigenvalue weighted by molar-refractivity contribution is 5.70. The van der Waals surface area contributed by atoms with Crippen LogP contribution in [0.15, 0.2) is 36.0 Å². The van der Waals surface area contributed by atoms with Crippen molar-refractivity contribution in [3.63, 3.8) is 0 Å². The Bertz CT molecular complexity index is 938. The van der Waals surface area contributed by atoms with Gasteiger partial charge in [0.2, 0.25) is 0 Å². The molecule has 0 radical (unpaired) electrons. The third-order valence-electron chi connectivity index (χ3n) is 7.19. The number of aliphatic hydroxyl groups is 2. The summed E-state index contributed by atoms with van der Waals surface area (Å²) >= 11 is 0. The van der Waals surface area contributed by atoms with E-state index in [0.717, 1.165) is 18.7 Å². The fraction of sp³-hybridized carbons (Fsp3) is 0.690. The predicted molar refractivity (Wildman–Crippen MR) is 148 cm³/mol. The number of methoxy groups -OCH3 is 1. The van der Waals surface area contributed by atoms with Crippen molar-refractivity contribution in [2.75, 3.05) is 46.9 Å². The summed E-state index contributed by atoms with van der Waals surface area (Å²) in [5, 5.41) is 21.7. The van der Waals surface area contributed by atoms with E-state index in [2.05, 4.69) is 9.64 Å². The minimum absolute atomic E-state index is 0.0764. The Morgan fingerprint density at radius 2 is 1.93 bits per heavy atom. The Morgan fingerprint density at radius 3 is 2.58 bits per heavy atom. The summed E-state index contributed by atoms with van der Waals surface area (Å²) in [6, 6.07) is 0. The van der Waals surface area contributed by atoms with Gasteiger partial charge in [0.05, 0.1) is 19.6 Å². The third-order valence-corrected chi connectivity index (χ3v) is 7.19. The highest BCUT2D eigenvalue weighted by atomic mass is 16.7. The summed E-state index contributed by atoms with van der Waals surface area (Å²) in [5.41, 5.74) is -0.722. The molecule has 40 heavy (non-hydrogen) atoms. The molecule has 1 amide bonds. The standard InChI is InChI=1S/C29H46N2O9/c1-20(19-38-28(35)37-6)8-7-9-21(2)26-22(3)10-11-24(39-27(34)31-16-14-30(5)15-17-31)29(4,36)13-12-23(32)18-25(33)40-26/h7-11,20,22-24,26,32,36H,12-19H2,1-6H3/b8-7+,11-10-,21-9+/t20-,22-,23-,24-,26+,29-/m0/s1. The molecular weight excluding hydrogens is 520 g/mol. The highest BCUT2D eigenvalue weighted by Crippen LogP contribution is 2.27. The first-order valence-electron chi connectivity index (χ1n) is 13.8. The molecule has 11 nitrogen and oxygen atoms in total. The van der Waals surface area contributed by atoms with E-state index in [0.29, 0.717) is 13.1 Å². The molecule has 11 heteroatoms. The van der Waals surface area contributed by atoms with Gasteiger partial charge in [-0.15, -0.1) is 0 Å². The number of rotatable bonds is 6. The number of carbonyl (C=O) groups excluding carboxylic acids is 3. The van der Waals surface area contributed by atoms with Gasteiger partial charge in [-0.05, 0) is 45.4 Å². The van der Waals surface area contributed by atoms with Crippen molar-refractivity contribution in [1.29, 1.82) is 0 Å². The number of carbonyl (C=O) groups is 3. The molecule has 2 N–H and O–H groups in total. The molecule has 2 aliphatic heterocycles. The maximum Gasteiger partial charge on any atom is 0.507 e. The Morgan fingerprint density at radius 1 is 1.25 bits per heavy atom. The minimum atomic E-state index is -1.46. The zero-order chi connectivity index (χ0) is 29.9. The minimum Gasteiger partial charge on any atom is -0.457 e. The Balaban J connectivity index is 2.23. The van der Waals surface area contributed by atoms with Gasteiger partial charge in [0, 0.05) is 38.0 Å². The fourth-order valence-corrected chi connectivity index (χ4v) is 4.43. The van der Waals surface area contributed by atoms with Crippen molar-refractivity contribution >= 4 is 18.2 Å². The van der Waals surface area contributed by atoms with E-state index in [1.807, 2.05) is 33.9 Å². The molecule has 1 saturated heterocycles. The molecule has 0 aromatic rings. The van der Waals surface area contributed by atoms with Crippen molar-refractivity contribution < 1.29 is 43.5 Å². The van der Waals surface area contributed by atoms with Crippen LogP contribution in [0.3, 0.4) is 0 Å². The number of amides is 1.